The first kappa shape index (κ1) is 14.0. The molecule has 0 aliphatic rings. The summed E-state index contributed by atoms with van der Waals surface area (Å²) in [6.07, 6.45) is 1.58. The zero-order valence-electron chi connectivity index (χ0n) is 9.88. The minimum Gasteiger partial charge on any atom is -0.306 e. The molecule has 0 unspecified atom stereocenters. The number of hydrogen-bond donors (Lipinski definition) is 1. The molecule has 0 atom stereocenters. The summed E-state index contributed by atoms with van der Waals surface area (Å²) in [5.74, 6) is -0.496. The van der Waals surface area contributed by atoms with E-state index in [1.165, 1.54) is 12.1 Å². The van der Waals surface area contributed by atoms with Gasteiger partial charge >= 0.3 is 0 Å². The third-order valence-electron chi connectivity index (χ3n) is 2.46. The molecule has 19 heavy (non-hydrogen) atoms. The zero-order chi connectivity index (χ0) is 14.0. The lowest BCUT2D eigenvalue weighted by molar-refractivity contribution is 0.102. The molecular formula is C13H9BrClFN2O. The predicted octanol–water partition coefficient (Wildman–Crippen LogP) is 4.20. The number of hydrogen-bond acceptors (Lipinski definition) is 2. The molecule has 0 spiro atoms. The molecule has 2 aromatic rings. The van der Waals surface area contributed by atoms with Crippen LogP contribution in [0.1, 0.15) is 15.9 Å². The first-order valence-corrected chi connectivity index (χ1v) is 6.53. The van der Waals surface area contributed by atoms with Gasteiger partial charge in [-0.2, -0.15) is 0 Å². The molecular weight excluding hydrogens is 335 g/mol. The first-order valence-electron chi connectivity index (χ1n) is 5.36. The van der Waals surface area contributed by atoms with Gasteiger partial charge in [-0.15, -0.1) is 0 Å². The fourth-order valence-electron chi connectivity index (χ4n) is 1.49. The maximum Gasteiger partial charge on any atom is 0.256 e. The highest BCUT2D eigenvalue weighted by atomic mass is 79.9. The Morgan fingerprint density at radius 1 is 1.42 bits per heavy atom. The number of rotatable bonds is 2. The van der Waals surface area contributed by atoms with Crippen molar-refractivity contribution in [1.82, 2.24) is 4.98 Å². The number of aryl methyl sites for hydroxylation is 1. The van der Waals surface area contributed by atoms with Crippen LogP contribution in [0, 0.1) is 12.7 Å². The minimum atomic E-state index is -0.559. The second kappa shape index (κ2) is 5.67. The SMILES string of the molecule is Cc1cc(Br)cnc1NC(=O)c1ccc(F)c(Cl)c1. The number of benzene rings is 1. The monoisotopic (exact) mass is 342 g/mol. The van der Waals surface area contributed by atoms with Gasteiger partial charge in [0.1, 0.15) is 11.6 Å². The van der Waals surface area contributed by atoms with Gasteiger partial charge in [0.05, 0.1) is 5.02 Å². The molecule has 98 valence electrons. The second-order valence-electron chi connectivity index (χ2n) is 3.90. The lowest BCUT2D eigenvalue weighted by Gasteiger charge is -2.08. The maximum absolute atomic E-state index is 13.0. The average molecular weight is 344 g/mol. The molecule has 0 bridgehead atoms. The smallest absolute Gasteiger partial charge is 0.256 e. The highest BCUT2D eigenvalue weighted by Gasteiger charge is 2.11. The quantitative estimate of drug-likeness (QED) is 0.888. The molecule has 0 saturated heterocycles. The van der Waals surface area contributed by atoms with Crippen LogP contribution >= 0.6 is 27.5 Å². The molecule has 1 N–H and O–H groups in total. The molecule has 0 radical (unpaired) electrons. The van der Waals surface area contributed by atoms with Crippen LogP contribution in [0.25, 0.3) is 0 Å². The van der Waals surface area contributed by atoms with Crippen molar-refractivity contribution in [2.75, 3.05) is 5.32 Å². The summed E-state index contributed by atoms with van der Waals surface area (Å²) < 4.78 is 13.8. The number of anilines is 1. The highest BCUT2D eigenvalue weighted by molar-refractivity contribution is 9.10. The number of aromatic nitrogens is 1. The Labute approximate surface area is 122 Å². The van der Waals surface area contributed by atoms with Crippen molar-refractivity contribution in [3.63, 3.8) is 0 Å². The Morgan fingerprint density at radius 3 is 2.79 bits per heavy atom. The van der Waals surface area contributed by atoms with Crippen LogP contribution in [-0.4, -0.2) is 10.9 Å². The minimum absolute atomic E-state index is 0.0897. The largest absolute Gasteiger partial charge is 0.306 e. The van der Waals surface area contributed by atoms with Crippen LogP contribution in [-0.2, 0) is 0 Å². The van der Waals surface area contributed by atoms with E-state index in [0.717, 1.165) is 16.1 Å². The first-order chi connectivity index (χ1) is 8.97. The maximum atomic E-state index is 13.0. The number of nitrogens with zero attached hydrogens (tertiary/aromatic N) is 1. The van der Waals surface area contributed by atoms with Crippen LogP contribution in [0.4, 0.5) is 10.2 Å². The van der Waals surface area contributed by atoms with Gasteiger partial charge in [-0.1, -0.05) is 11.6 Å². The van der Waals surface area contributed by atoms with Gasteiger partial charge in [-0.05, 0) is 52.7 Å². The van der Waals surface area contributed by atoms with E-state index >= 15 is 0 Å². The van der Waals surface area contributed by atoms with E-state index in [9.17, 15) is 9.18 Å². The number of carbonyl (C=O) groups is 1. The van der Waals surface area contributed by atoms with Crippen LogP contribution in [0.5, 0.6) is 0 Å². The number of nitrogens with one attached hydrogen (secondary N) is 1. The van der Waals surface area contributed by atoms with Crippen molar-refractivity contribution < 1.29 is 9.18 Å². The van der Waals surface area contributed by atoms with Crippen molar-refractivity contribution >= 4 is 39.3 Å². The van der Waals surface area contributed by atoms with E-state index < -0.39 is 5.82 Å². The Morgan fingerprint density at radius 2 is 2.16 bits per heavy atom. The Kier molecular flexibility index (Phi) is 4.17. The average Bonchev–Trinajstić information content (AvgIpc) is 2.36. The topological polar surface area (TPSA) is 42.0 Å². The van der Waals surface area contributed by atoms with Crippen molar-refractivity contribution in [2.24, 2.45) is 0 Å². The molecule has 3 nitrogen and oxygen atoms in total. The molecule has 6 heteroatoms. The molecule has 2 rings (SSSR count). The van der Waals surface area contributed by atoms with E-state index in [4.69, 9.17) is 11.6 Å². The predicted molar refractivity (Wildman–Crippen MR) is 76.0 cm³/mol. The number of pyridine rings is 1. The van der Waals surface area contributed by atoms with Crippen LogP contribution in [0.2, 0.25) is 5.02 Å². The van der Waals surface area contributed by atoms with Gasteiger partial charge in [0.25, 0.3) is 5.91 Å². The number of carbonyl (C=O) groups excluding carboxylic acids is 1. The normalized spacial score (nSPS) is 10.3. The van der Waals surface area contributed by atoms with E-state index in [0.29, 0.717) is 5.82 Å². The lowest BCUT2D eigenvalue weighted by Crippen LogP contribution is -2.14. The standard InChI is InChI=1S/C13H9BrClFN2O/c1-7-4-9(14)6-17-12(7)18-13(19)8-2-3-11(16)10(15)5-8/h2-6H,1H3,(H,17,18,19). The van der Waals surface area contributed by atoms with E-state index in [2.05, 4.69) is 26.2 Å². The van der Waals surface area contributed by atoms with Crippen molar-refractivity contribution in [1.29, 1.82) is 0 Å². The van der Waals surface area contributed by atoms with E-state index in [1.54, 1.807) is 6.20 Å². The summed E-state index contributed by atoms with van der Waals surface area (Å²) in [5, 5.41) is 2.56. The molecule has 0 saturated carbocycles. The third kappa shape index (κ3) is 3.30. The highest BCUT2D eigenvalue weighted by Crippen LogP contribution is 2.19. The van der Waals surface area contributed by atoms with Gasteiger partial charge in [-0.3, -0.25) is 4.79 Å². The Balaban J connectivity index is 2.23. The van der Waals surface area contributed by atoms with Crippen molar-refractivity contribution in [3.05, 3.63) is 56.9 Å². The van der Waals surface area contributed by atoms with Gasteiger partial charge in [-0.25, -0.2) is 9.37 Å². The molecule has 1 aromatic heterocycles. The summed E-state index contributed by atoms with van der Waals surface area (Å²) >= 11 is 8.93. The fraction of sp³-hybridized carbons (Fsp3) is 0.0769. The van der Waals surface area contributed by atoms with E-state index in [-0.39, 0.29) is 16.5 Å². The molecule has 1 aromatic carbocycles. The number of halogens is 3. The van der Waals surface area contributed by atoms with Crippen molar-refractivity contribution in [3.8, 4) is 0 Å². The van der Waals surface area contributed by atoms with E-state index in [1.807, 2.05) is 13.0 Å². The zero-order valence-corrected chi connectivity index (χ0v) is 12.2. The van der Waals surface area contributed by atoms with Gasteiger partial charge < -0.3 is 5.32 Å². The van der Waals surface area contributed by atoms with Gasteiger partial charge in [0.2, 0.25) is 0 Å². The Bertz CT molecular complexity index is 649. The molecule has 0 aliphatic carbocycles. The summed E-state index contributed by atoms with van der Waals surface area (Å²) in [6, 6.07) is 5.63. The number of amides is 1. The molecule has 1 heterocycles. The van der Waals surface area contributed by atoms with Gasteiger partial charge in [0, 0.05) is 16.2 Å². The third-order valence-corrected chi connectivity index (χ3v) is 3.18. The summed E-state index contributed by atoms with van der Waals surface area (Å²) in [5.41, 5.74) is 1.09. The lowest BCUT2D eigenvalue weighted by atomic mass is 10.2. The Hall–Kier alpha value is -1.46. The molecule has 1 amide bonds. The molecule has 0 aliphatic heterocycles. The molecule has 0 fully saturated rings. The summed E-state index contributed by atoms with van der Waals surface area (Å²) in [7, 11) is 0. The van der Waals surface area contributed by atoms with Crippen molar-refractivity contribution in [2.45, 2.75) is 6.92 Å². The van der Waals surface area contributed by atoms with Gasteiger partial charge in [0.15, 0.2) is 0 Å². The summed E-state index contributed by atoms with van der Waals surface area (Å²) in [4.78, 5) is 16.1. The van der Waals surface area contributed by atoms with Crippen LogP contribution < -0.4 is 5.32 Å². The fourth-order valence-corrected chi connectivity index (χ4v) is 2.11. The van der Waals surface area contributed by atoms with Crippen LogP contribution in [0.15, 0.2) is 34.9 Å². The van der Waals surface area contributed by atoms with Crippen LogP contribution in [0.3, 0.4) is 0 Å². The second-order valence-corrected chi connectivity index (χ2v) is 5.22. The summed E-state index contributed by atoms with van der Waals surface area (Å²) in [6.45, 7) is 1.82.